The average Bonchev–Trinajstić information content (AvgIpc) is 3.55. The van der Waals surface area contributed by atoms with E-state index in [2.05, 4.69) is 20.2 Å². The van der Waals surface area contributed by atoms with Crippen molar-refractivity contribution in [3.8, 4) is 5.75 Å². The lowest BCUT2D eigenvalue weighted by molar-refractivity contribution is -0.134. The molecule has 28 heavy (non-hydrogen) atoms. The van der Waals surface area contributed by atoms with Crippen LogP contribution < -0.4 is 15.0 Å². The molecular formula is C20H23N5O3. The number of carbonyl (C=O) groups excluding carboxylic acids is 2. The minimum Gasteiger partial charge on any atom is -0.495 e. The highest BCUT2D eigenvalue weighted by molar-refractivity contribution is 6.00. The summed E-state index contributed by atoms with van der Waals surface area (Å²) in [6.07, 6.45) is 4.03. The van der Waals surface area contributed by atoms with Crippen molar-refractivity contribution < 1.29 is 14.3 Å². The Hall–Kier alpha value is -3.16. The normalized spacial score (nSPS) is 21.2. The van der Waals surface area contributed by atoms with Crippen LogP contribution in [0, 0.1) is 11.8 Å². The Morgan fingerprint density at radius 3 is 2.46 bits per heavy atom. The van der Waals surface area contributed by atoms with Gasteiger partial charge < -0.3 is 19.9 Å². The number of piperazine rings is 1. The van der Waals surface area contributed by atoms with Crippen molar-refractivity contribution in [2.75, 3.05) is 43.5 Å². The zero-order valence-electron chi connectivity index (χ0n) is 15.7. The largest absolute Gasteiger partial charge is 0.495 e. The fraction of sp³-hybridized carbons (Fsp3) is 0.400. The van der Waals surface area contributed by atoms with Gasteiger partial charge in [0.2, 0.25) is 17.8 Å². The van der Waals surface area contributed by atoms with Gasteiger partial charge in [0.1, 0.15) is 5.75 Å². The van der Waals surface area contributed by atoms with Gasteiger partial charge in [0.25, 0.3) is 0 Å². The molecule has 2 unspecified atom stereocenters. The monoisotopic (exact) mass is 381 g/mol. The number of benzene rings is 1. The van der Waals surface area contributed by atoms with Crippen molar-refractivity contribution in [2.45, 2.75) is 6.42 Å². The third kappa shape index (κ3) is 3.76. The lowest BCUT2D eigenvalue weighted by Gasteiger charge is -2.34. The molecule has 0 spiro atoms. The highest BCUT2D eigenvalue weighted by atomic mass is 16.5. The summed E-state index contributed by atoms with van der Waals surface area (Å²) in [6, 6.07) is 9.05. The lowest BCUT2D eigenvalue weighted by Crippen LogP contribution is -2.50. The molecule has 1 N–H and O–H groups in total. The van der Waals surface area contributed by atoms with E-state index in [4.69, 9.17) is 4.74 Å². The number of nitrogens with zero attached hydrogens (tertiary/aromatic N) is 4. The minimum atomic E-state index is -0.270. The number of anilines is 2. The average molecular weight is 381 g/mol. The van der Waals surface area contributed by atoms with E-state index in [0.29, 0.717) is 50.0 Å². The maximum absolute atomic E-state index is 12.8. The lowest BCUT2D eigenvalue weighted by atomic mass is 10.2. The van der Waals surface area contributed by atoms with Crippen LogP contribution in [0.4, 0.5) is 11.6 Å². The van der Waals surface area contributed by atoms with Crippen LogP contribution in [0.3, 0.4) is 0 Å². The van der Waals surface area contributed by atoms with E-state index in [1.54, 1.807) is 37.7 Å². The fourth-order valence-electron chi connectivity index (χ4n) is 3.55. The number of amides is 2. The summed E-state index contributed by atoms with van der Waals surface area (Å²) >= 11 is 0. The summed E-state index contributed by atoms with van der Waals surface area (Å²) < 4.78 is 5.26. The summed E-state index contributed by atoms with van der Waals surface area (Å²) in [7, 11) is 1.56. The molecule has 1 saturated heterocycles. The Kier molecular flexibility index (Phi) is 5.10. The molecule has 2 aliphatic rings. The van der Waals surface area contributed by atoms with Crippen LogP contribution in [0.5, 0.6) is 5.75 Å². The van der Waals surface area contributed by atoms with E-state index in [0.717, 1.165) is 0 Å². The zero-order valence-corrected chi connectivity index (χ0v) is 15.7. The molecule has 2 aromatic rings. The van der Waals surface area contributed by atoms with Crippen molar-refractivity contribution in [2.24, 2.45) is 11.8 Å². The van der Waals surface area contributed by atoms with Gasteiger partial charge in [-0.15, -0.1) is 0 Å². The Labute approximate surface area is 163 Å². The topological polar surface area (TPSA) is 87.7 Å². The van der Waals surface area contributed by atoms with E-state index in [-0.39, 0.29) is 23.7 Å². The first-order valence-electron chi connectivity index (χ1n) is 9.42. The molecule has 2 fully saturated rings. The first-order chi connectivity index (χ1) is 13.7. The summed E-state index contributed by atoms with van der Waals surface area (Å²) in [5.74, 6) is 0.740. The van der Waals surface area contributed by atoms with E-state index >= 15 is 0 Å². The third-order valence-electron chi connectivity index (χ3n) is 5.24. The summed E-state index contributed by atoms with van der Waals surface area (Å²) in [5, 5.41) is 2.88. The molecule has 2 heterocycles. The van der Waals surface area contributed by atoms with Gasteiger partial charge in [0, 0.05) is 38.6 Å². The Morgan fingerprint density at radius 1 is 1.04 bits per heavy atom. The van der Waals surface area contributed by atoms with Crippen molar-refractivity contribution in [3.05, 3.63) is 42.7 Å². The zero-order chi connectivity index (χ0) is 19.5. The van der Waals surface area contributed by atoms with Gasteiger partial charge in [-0.25, -0.2) is 9.97 Å². The van der Waals surface area contributed by atoms with E-state index in [9.17, 15) is 9.59 Å². The van der Waals surface area contributed by atoms with Gasteiger partial charge in [-0.2, -0.15) is 0 Å². The quantitative estimate of drug-likeness (QED) is 0.843. The first-order valence-corrected chi connectivity index (χ1v) is 9.42. The molecule has 0 radical (unpaired) electrons. The third-order valence-corrected chi connectivity index (χ3v) is 5.24. The molecule has 8 nitrogen and oxygen atoms in total. The molecule has 1 aliphatic heterocycles. The van der Waals surface area contributed by atoms with Crippen LogP contribution in [0.2, 0.25) is 0 Å². The van der Waals surface area contributed by atoms with Crippen LogP contribution in [0.15, 0.2) is 42.7 Å². The smallest absolute Gasteiger partial charge is 0.228 e. The second kappa shape index (κ2) is 7.84. The number of methoxy groups -OCH3 is 1. The summed E-state index contributed by atoms with van der Waals surface area (Å²) in [4.78, 5) is 37.7. The number of carbonyl (C=O) groups is 2. The maximum atomic E-state index is 12.8. The Bertz CT molecular complexity index is 852. The van der Waals surface area contributed by atoms with Crippen LogP contribution >= 0.6 is 0 Å². The fourth-order valence-corrected chi connectivity index (χ4v) is 3.55. The van der Waals surface area contributed by atoms with Crippen molar-refractivity contribution >= 4 is 23.5 Å². The van der Waals surface area contributed by atoms with Crippen molar-refractivity contribution in [1.82, 2.24) is 14.9 Å². The predicted octanol–water partition coefficient (Wildman–Crippen LogP) is 1.41. The number of para-hydroxylation sites is 2. The van der Waals surface area contributed by atoms with E-state index in [1.165, 1.54) is 0 Å². The number of rotatable bonds is 5. The van der Waals surface area contributed by atoms with Gasteiger partial charge in [-0.05, 0) is 24.6 Å². The molecule has 1 aliphatic carbocycles. The van der Waals surface area contributed by atoms with Gasteiger partial charge in [-0.3, -0.25) is 9.59 Å². The number of ether oxygens (including phenoxy) is 1. The van der Waals surface area contributed by atoms with Crippen LogP contribution in [-0.2, 0) is 9.59 Å². The van der Waals surface area contributed by atoms with Crippen molar-refractivity contribution in [1.29, 1.82) is 0 Å². The van der Waals surface area contributed by atoms with Gasteiger partial charge in [0.15, 0.2) is 0 Å². The number of nitrogens with one attached hydrogen (secondary N) is 1. The van der Waals surface area contributed by atoms with Gasteiger partial charge in [-0.1, -0.05) is 12.1 Å². The Morgan fingerprint density at radius 2 is 1.75 bits per heavy atom. The highest BCUT2D eigenvalue weighted by Crippen LogP contribution is 2.41. The molecular weight excluding hydrogens is 358 g/mol. The molecule has 2 amide bonds. The van der Waals surface area contributed by atoms with Gasteiger partial charge >= 0.3 is 0 Å². The van der Waals surface area contributed by atoms with Crippen LogP contribution in [0.25, 0.3) is 0 Å². The molecule has 1 aromatic carbocycles. The van der Waals surface area contributed by atoms with Crippen molar-refractivity contribution in [3.63, 3.8) is 0 Å². The second-order valence-electron chi connectivity index (χ2n) is 7.00. The molecule has 4 rings (SSSR count). The second-order valence-corrected chi connectivity index (χ2v) is 7.00. The van der Waals surface area contributed by atoms with Crippen LogP contribution in [-0.4, -0.2) is 60.0 Å². The molecule has 8 heteroatoms. The maximum Gasteiger partial charge on any atom is 0.228 e. The predicted molar refractivity (Wildman–Crippen MR) is 104 cm³/mol. The minimum absolute atomic E-state index is 0.0637. The Balaban J connectivity index is 1.29. The molecule has 2 atom stereocenters. The first kappa shape index (κ1) is 18.2. The van der Waals surface area contributed by atoms with E-state index < -0.39 is 0 Å². The molecule has 1 saturated carbocycles. The van der Waals surface area contributed by atoms with E-state index in [1.807, 2.05) is 17.0 Å². The SMILES string of the molecule is COc1ccccc1NC(=O)C1CC1C(=O)N1CCN(c2ncccn2)CC1. The molecule has 0 bridgehead atoms. The molecule has 1 aromatic heterocycles. The highest BCUT2D eigenvalue weighted by Gasteiger charge is 2.49. The number of aromatic nitrogens is 2. The van der Waals surface area contributed by atoms with Gasteiger partial charge in [0.05, 0.1) is 24.6 Å². The number of hydrogen-bond acceptors (Lipinski definition) is 6. The summed E-state index contributed by atoms with van der Waals surface area (Å²) in [6.45, 7) is 2.63. The summed E-state index contributed by atoms with van der Waals surface area (Å²) in [5.41, 5.74) is 0.629. The molecule has 146 valence electrons. The number of hydrogen-bond donors (Lipinski definition) is 1. The van der Waals surface area contributed by atoms with Crippen LogP contribution in [0.1, 0.15) is 6.42 Å². The standard InChI is InChI=1S/C20H23N5O3/c1-28-17-6-3-2-5-16(17)23-18(26)14-13-15(14)19(27)24-9-11-25(12-10-24)20-21-7-4-8-22-20/h2-8,14-15H,9-13H2,1H3,(H,23,26).